The molecule has 1 atom stereocenters. The Labute approximate surface area is 127 Å². The van der Waals surface area contributed by atoms with E-state index in [1.807, 2.05) is 13.8 Å². The molecule has 0 spiro atoms. The second-order valence-corrected chi connectivity index (χ2v) is 4.89. The van der Waals surface area contributed by atoms with Gasteiger partial charge in [0.15, 0.2) is 5.82 Å². The molecule has 0 saturated heterocycles. The lowest BCUT2D eigenvalue weighted by molar-refractivity contribution is -0.384. The lowest BCUT2D eigenvalue weighted by atomic mass is 10.2. The van der Waals surface area contributed by atoms with Crippen LogP contribution in [-0.2, 0) is 0 Å². The van der Waals surface area contributed by atoms with Gasteiger partial charge < -0.3 is 5.32 Å². The van der Waals surface area contributed by atoms with Crippen LogP contribution in [0, 0.1) is 10.1 Å². The summed E-state index contributed by atoms with van der Waals surface area (Å²) in [5.41, 5.74) is 0.859. The third-order valence-electron chi connectivity index (χ3n) is 3.22. The topological polar surface area (TPSA) is 98.0 Å². The van der Waals surface area contributed by atoms with Gasteiger partial charge in [-0.05, 0) is 13.3 Å². The van der Waals surface area contributed by atoms with Crippen LogP contribution < -0.4 is 5.32 Å². The minimum absolute atomic E-state index is 0.0281. The molecule has 0 unspecified atom stereocenters. The van der Waals surface area contributed by atoms with Gasteiger partial charge in [0.25, 0.3) is 11.6 Å². The average Bonchev–Trinajstić information content (AvgIpc) is 2.55. The summed E-state index contributed by atoms with van der Waals surface area (Å²) in [7, 11) is 0. The molecule has 1 N–H and O–H groups in total. The van der Waals surface area contributed by atoms with E-state index in [1.54, 1.807) is 12.1 Å². The molecule has 1 aromatic carbocycles. The molecule has 0 bridgehead atoms. The molecule has 0 aliphatic carbocycles. The van der Waals surface area contributed by atoms with E-state index in [0.29, 0.717) is 17.0 Å². The van der Waals surface area contributed by atoms with E-state index in [-0.39, 0.29) is 17.6 Å². The van der Waals surface area contributed by atoms with E-state index in [4.69, 9.17) is 0 Å². The number of amides is 1. The fourth-order valence-corrected chi connectivity index (χ4v) is 1.76. The summed E-state index contributed by atoms with van der Waals surface area (Å²) in [4.78, 5) is 30.4. The maximum Gasteiger partial charge on any atom is 0.270 e. The zero-order chi connectivity index (χ0) is 16.1. The van der Waals surface area contributed by atoms with Crippen LogP contribution in [0.1, 0.15) is 30.6 Å². The molecule has 0 saturated carbocycles. The molecule has 1 aromatic heterocycles. The lowest BCUT2D eigenvalue weighted by Gasteiger charge is -2.10. The number of non-ortho nitro benzene ring substituents is 1. The van der Waals surface area contributed by atoms with Gasteiger partial charge in [-0.1, -0.05) is 19.1 Å². The van der Waals surface area contributed by atoms with Crippen molar-refractivity contribution >= 4 is 11.6 Å². The van der Waals surface area contributed by atoms with E-state index in [1.165, 1.54) is 24.5 Å². The number of nitrogens with zero attached hydrogens (tertiary/aromatic N) is 3. The molecule has 0 aliphatic heterocycles. The predicted molar refractivity (Wildman–Crippen MR) is 81.3 cm³/mol. The number of hydrogen-bond donors (Lipinski definition) is 1. The summed E-state index contributed by atoms with van der Waals surface area (Å²) < 4.78 is 0. The van der Waals surface area contributed by atoms with E-state index < -0.39 is 4.92 Å². The van der Waals surface area contributed by atoms with Gasteiger partial charge in [-0.15, -0.1) is 0 Å². The molecular formula is C15H16N4O3. The first kappa shape index (κ1) is 15.6. The van der Waals surface area contributed by atoms with E-state index in [0.717, 1.165) is 6.42 Å². The summed E-state index contributed by atoms with van der Waals surface area (Å²) in [6, 6.07) is 6.12. The van der Waals surface area contributed by atoms with Crippen LogP contribution in [0.5, 0.6) is 0 Å². The molecule has 7 nitrogen and oxygen atoms in total. The molecule has 0 radical (unpaired) electrons. The largest absolute Gasteiger partial charge is 0.350 e. The van der Waals surface area contributed by atoms with Crippen molar-refractivity contribution in [2.24, 2.45) is 0 Å². The predicted octanol–water partition coefficient (Wildman–Crippen LogP) is 2.58. The summed E-state index contributed by atoms with van der Waals surface area (Å²) in [5.74, 6) is 0.101. The van der Waals surface area contributed by atoms with E-state index >= 15 is 0 Å². The first-order valence-corrected chi connectivity index (χ1v) is 6.89. The van der Waals surface area contributed by atoms with Crippen molar-refractivity contribution < 1.29 is 9.72 Å². The zero-order valence-corrected chi connectivity index (χ0v) is 12.3. The van der Waals surface area contributed by atoms with Gasteiger partial charge in [0.05, 0.1) is 10.5 Å². The molecule has 0 fully saturated rings. The van der Waals surface area contributed by atoms with Crippen molar-refractivity contribution in [2.45, 2.75) is 26.3 Å². The molecule has 2 aromatic rings. The van der Waals surface area contributed by atoms with Gasteiger partial charge in [0.2, 0.25) is 0 Å². The molecule has 7 heteroatoms. The second kappa shape index (κ2) is 6.75. The summed E-state index contributed by atoms with van der Waals surface area (Å²) in [6.07, 6.45) is 3.66. The van der Waals surface area contributed by atoms with Crippen molar-refractivity contribution in [3.05, 3.63) is 52.3 Å². The Morgan fingerprint density at radius 3 is 2.64 bits per heavy atom. The number of benzene rings is 1. The highest BCUT2D eigenvalue weighted by atomic mass is 16.6. The number of aromatic nitrogens is 2. The Kier molecular flexibility index (Phi) is 4.77. The maximum atomic E-state index is 11.9. The number of carbonyl (C=O) groups is 1. The molecule has 1 amide bonds. The Hall–Kier alpha value is -2.83. The summed E-state index contributed by atoms with van der Waals surface area (Å²) in [6.45, 7) is 3.89. The molecular weight excluding hydrogens is 284 g/mol. The smallest absolute Gasteiger partial charge is 0.270 e. The zero-order valence-electron chi connectivity index (χ0n) is 12.3. The molecule has 1 heterocycles. The minimum atomic E-state index is -0.475. The molecule has 22 heavy (non-hydrogen) atoms. The van der Waals surface area contributed by atoms with Crippen molar-refractivity contribution in [2.75, 3.05) is 0 Å². The maximum absolute atomic E-state index is 11.9. The SMILES string of the molecule is CC[C@@H](C)NC(=O)c1cnc(-c2cccc([N+](=O)[O-])c2)nc1. The van der Waals surface area contributed by atoms with Crippen LogP contribution in [0.4, 0.5) is 5.69 Å². The van der Waals surface area contributed by atoms with Crippen LogP contribution in [0.25, 0.3) is 11.4 Å². The van der Waals surface area contributed by atoms with Crippen LogP contribution in [0.3, 0.4) is 0 Å². The Morgan fingerprint density at radius 2 is 2.05 bits per heavy atom. The number of nitro groups is 1. The summed E-state index contributed by atoms with van der Waals surface area (Å²) in [5, 5.41) is 13.6. The van der Waals surface area contributed by atoms with Crippen molar-refractivity contribution in [1.29, 1.82) is 0 Å². The number of hydrogen-bond acceptors (Lipinski definition) is 5. The monoisotopic (exact) mass is 300 g/mol. The normalized spacial score (nSPS) is 11.7. The van der Waals surface area contributed by atoms with Crippen molar-refractivity contribution in [3.8, 4) is 11.4 Å². The molecule has 2 rings (SSSR count). The van der Waals surface area contributed by atoms with E-state index in [2.05, 4.69) is 15.3 Å². The number of nitro benzene ring substituents is 1. The van der Waals surface area contributed by atoms with Gasteiger partial charge in [-0.3, -0.25) is 14.9 Å². The minimum Gasteiger partial charge on any atom is -0.350 e. The first-order valence-electron chi connectivity index (χ1n) is 6.89. The highest BCUT2D eigenvalue weighted by Gasteiger charge is 2.12. The van der Waals surface area contributed by atoms with Crippen molar-refractivity contribution in [3.63, 3.8) is 0 Å². The number of carbonyl (C=O) groups excluding carboxylic acids is 1. The van der Waals surface area contributed by atoms with Gasteiger partial charge in [-0.25, -0.2) is 9.97 Å². The van der Waals surface area contributed by atoms with Gasteiger partial charge in [0.1, 0.15) is 0 Å². The Balaban J connectivity index is 2.20. The Morgan fingerprint density at radius 1 is 1.36 bits per heavy atom. The van der Waals surface area contributed by atoms with Crippen LogP contribution in [0.15, 0.2) is 36.7 Å². The third kappa shape index (κ3) is 3.63. The molecule has 114 valence electrons. The van der Waals surface area contributed by atoms with Crippen molar-refractivity contribution in [1.82, 2.24) is 15.3 Å². The standard InChI is InChI=1S/C15H16N4O3/c1-3-10(2)18-15(20)12-8-16-14(17-9-12)11-5-4-6-13(7-11)19(21)22/h4-10H,3H2,1-2H3,(H,18,20)/t10-/m1/s1. The fraction of sp³-hybridized carbons (Fsp3) is 0.267. The highest BCUT2D eigenvalue weighted by Crippen LogP contribution is 2.20. The highest BCUT2D eigenvalue weighted by molar-refractivity contribution is 5.93. The van der Waals surface area contributed by atoms with Gasteiger partial charge >= 0.3 is 0 Å². The number of rotatable bonds is 5. The first-order chi connectivity index (χ1) is 10.5. The van der Waals surface area contributed by atoms with Crippen LogP contribution in [-0.4, -0.2) is 26.8 Å². The quantitative estimate of drug-likeness (QED) is 0.676. The average molecular weight is 300 g/mol. The fourth-order valence-electron chi connectivity index (χ4n) is 1.76. The van der Waals surface area contributed by atoms with Crippen LogP contribution >= 0.6 is 0 Å². The molecule has 0 aliphatic rings. The van der Waals surface area contributed by atoms with Gasteiger partial charge in [-0.2, -0.15) is 0 Å². The second-order valence-electron chi connectivity index (χ2n) is 4.89. The summed E-state index contributed by atoms with van der Waals surface area (Å²) >= 11 is 0. The van der Waals surface area contributed by atoms with Crippen LogP contribution in [0.2, 0.25) is 0 Å². The lowest BCUT2D eigenvalue weighted by Crippen LogP contribution is -2.32. The van der Waals surface area contributed by atoms with Gasteiger partial charge in [0, 0.05) is 36.1 Å². The Bertz CT molecular complexity index is 685. The third-order valence-corrected chi connectivity index (χ3v) is 3.22. The number of nitrogens with one attached hydrogen (secondary N) is 1. The van der Waals surface area contributed by atoms with E-state index in [9.17, 15) is 14.9 Å².